The van der Waals surface area contributed by atoms with Gasteiger partial charge in [0.25, 0.3) is 5.91 Å². The lowest BCUT2D eigenvalue weighted by Gasteiger charge is -2.11. The number of ether oxygens (including phenoxy) is 1. The molecule has 0 aliphatic carbocycles. The van der Waals surface area contributed by atoms with Crippen LogP contribution in [-0.2, 0) is 4.79 Å². The molecule has 1 aromatic rings. The maximum absolute atomic E-state index is 11.5. The van der Waals surface area contributed by atoms with Gasteiger partial charge in [0.1, 0.15) is 5.75 Å². The molecule has 1 amide bonds. The number of carbonyl (C=O) groups is 1. The van der Waals surface area contributed by atoms with Crippen molar-refractivity contribution in [1.29, 1.82) is 0 Å². The van der Waals surface area contributed by atoms with Crippen LogP contribution in [0.25, 0.3) is 0 Å². The molecule has 0 bridgehead atoms. The van der Waals surface area contributed by atoms with Gasteiger partial charge >= 0.3 is 0 Å². The van der Waals surface area contributed by atoms with Crippen LogP contribution in [0.15, 0.2) is 18.2 Å². The van der Waals surface area contributed by atoms with Crippen LogP contribution < -0.4 is 15.8 Å². The largest absolute Gasteiger partial charge is 0.482 e. The molecule has 1 aromatic carbocycles. The summed E-state index contributed by atoms with van der Waals surface area (Å²) in [5.41, 5.74) is 5.44. The molecule has 0 aliphatic heterocycles. The lowest BCUT2D eigenvalue weighted by atomic mass is 10.2. The smallest absolute Gasteiger partial charge is 0.257 e. The fourth-order valence-electron chi connectivity index (χ4n) is 1.16. The molecule has 0 saturated carbocycles. The van der Waals surface area contributed by atoms with Crippen LogP contribution in [0.2, 0.25) is 10.0 Å². The van der Waals surface area contributed by atoms with Gasteiger partial charge in [-0.25, -0.2) is 0 Å². The van der Waals surface area contributed by atoms with Crippen molar-refractivity contribution in [1.82, 2.24) is 5.32 Å². The molecule has 1 atom stereocenters. The number of rotatable bonds is 6. The fraction of sp³-hybridized carbons (Fsp3) is 0.417. The Hall–Kier alpha value is -0.680. The van der Waals surface area contributed by atoms with Crippen LogP contribution in [0.5, 0.6) is 5.75 Å². The minimum atomic E-state index is -0.207. The van der Waals surface area contributed by atoms with Gasteiger partial charge in [0.2, 0.25) is 0 Å². The third kappa shape index (κ3) is 6.87. The summed E-state index contributed by atoms with van der Waals surface area (Å²) < 4.78 is 5.29. The number of amides is 1. The van der Waals surface area contributed by atoms with E-state index in [0.717, 1.165) is 0 Å². The van der Waals surface area contributed by atoms with Crippen LogP contribution in [0.4, 0.5) is 0 Å². The van der Waals surface area contributed by atoms with E-state index in [-0.39, 0.29) is 30.8 Å². The lowest BCUT2D eigenvalue weighted by Crippen LogP contribution is -2.34. The Balaban J connectivity index is 0.00000324. The first-order valence-corrected chi connectivity index (χ1v) is 6.33. The van der Waals surface area contributed by atoms with Crippen LogP contribution in [0.3, 0.4) is 0 Å². The van der Waals surface area contributed by atoms with Crippen molar-refractivity contribution in [3.8, 4) is 5.75 Å². The summed E-state index contributed by atoms with van der Waals surface area (Å²) in [6.45, 7) is 2.94. The van der Waals surface area contributed by atoms with Crippen molar-refractivity contribution in [3.05, 3.63) is 28.2 Å². The van der Waals surface area contributed by atoms with E-state index in [1.165, 1.54) is 0 Å². The van der Waals surface area contributed by atoms with Gasteiger partial charge in [-0.1, -0.05) is 30.1 Å². The van der Waals surface area contributed by atoms with Gasteiger partial charge in [-0.3, -0.25) is 4.79 Å². The second-order valence-corrected chi connectivity index (χ2v) is 4.85. The van der Waals surface area contributed by atoms with Crippen molar-refractivity contribution in [2.75, 3.05) is 19.7 Å². The summed E-state index contributed by atoms with van der Waals surface area (Å²) in [4.78, 5) is 11.5. The summed E-state index contributed by atoms with van der Waals surface area (Å²) in [5, 5.41) is 3.62. The highest BCUT2D eigenvalue weighted by atomic mass is 35.5. The normalized spacial score (nSPS) is 11.4. The van der Waals surface area contributed by atoms with Crippen LogP contribution >= 0.6 is 35.6 Å². The highest BCUT2D eigenvalue weighted by Crippen LogP contribution is 2.27. The van der Waals surface area contributed by atoms with Crippen molar-refractivity contribution >= 4 is 41.5 Å². The van der Waals surface area contributed by atoms with Crippen LogP contribution in [0.1, 0.15) is 6.92 Å². The molecule has 0 spiro atoms. The van der Waals surface area contributed by atoms with Crippen LogP contribution in [0, 0.1) is 5.92 Å². The number of carbonyl (C=O) groups excluding carboxylic acids is 1. The Labute approximate surface area is 129 Å². The van der Waals surface area contributed by atoms with E-state index in [1.54, 1.807) is 18.2 Å². The predicted octanol–water partition coefficient (Wildman–Crippen LogP) is 2.51. The summed E-state index contributed by atoms with van der Waals surface area (Å²) in [5.74, 6) is 0.470. The monoisotopic (exact) mass is 326 g/mol. The summed E-state index contributed by atoms with van der Waals surface area (Å²) in [7, 11) is 0. The molecule has 7 heteroatoms. The molecule has 1 unspecified atom stereocenters. The molecule has 108 valence electrons. The van der Waals surface area contributed by atoms with E-state index < -0.39 is 0 Å². The Bertz CT molecular complexity index is 416. The van der Waals surface area contributed by atoms with Crippen LogP contribution in [-0.4, -0.2) is 25.6 Å². The Morgan fingerprint density at radius 1 is 1.47 bits per heavy atom. The van der Waals surface area contributed by atoms with Gasteiger partial charge in [0, 0.05) is 11.6 Å². The van der Waals surface area contributed by atoms with Crippen molar-refractivity contribution in [3.63, 3.8) is 0 Å². The number of benzene rings is 1. The van der Waals surface area contributed by atoms with Gasteiger partial charge in [0.15, 0.2) is 6.61 Å². The number of halogens is 3. The third-order valence-corrected chi connectivity index (χ3v) is 2.83. The summed E-state index contributed by atoms with van der Waals surface area (Å²) >= 11 is 11.7. The molecular weight excluding hydrogens is 311 g/mol. The molecule has 4 nitrogen and oxygen atoms in total. The fourth-order valence-corrected chi connectivity index (χ4v) is 1.62. The average molecular weight is 328 g/mol. The zero-order valence-corrected chi connectivity index (χ0v) is 12.8. The molecule has 0 aromatic heterocycles. The van der Waals surface area contributed by atoms with E-state index >= 15 is 0 Å². The zero-order chi connectivity index (χ0) is 13.5. The Kier molecular flexibility index (Phi) is 8.93. The Morgan fingerprint density at radius 3 is 2.74 bits per heavy atom. The second-order valence-electron chi connectivity index (χ2n) is 4.01. The van der Waals surface area contributed by atoms with Crippen molar-refractivity contribution in [2.45, 2.75) is 6.92 Å². The van der Waals surface area contributed by atoms with Crippen molar-refractivity contribution in [2.24, 2.45) is 11.7 Å². The van der Waals surface area contributed by atoms with E-state index in [2.05, 4.69) is 5.32 Å². The minimum Gasteiger partial charge on any atom is -0.482 e. The number of nitrogens with two attached hydrogens (primary N) is 1. The number of nitrogens with one attached hydrogen (secondary N) is 1. The van der Waals surface area contributed by atoms with Gasteiger partial charge < -0.3 is 15.8 Å². The first-order valence-electron chi connectivity index (χ1n) is 5.57. The van der Waals surface area contributed by atoms with E-state index in [9.17, 15) is 4.79 Å². The molecule has 0 heterocycles. The maximum atomic E-state index is 11.5. The average Bonchev–Trinajstić information content (AvgIpc) is 2.34. The lowest BCUT2D eigenvalue weighted by molar-refractivity contribution is -0.123. The first-order chi connectivity index (χ1) is 8.52. The van der Waals surface area contributed by atoms with E-state index in [4.69, 9.17) is 33.7 Å². The van der Waals surface area contributed by atoms with Gasteiger partial charge in [-0.15, -0.1) is 12.4 Å². The molecule has 0 saturated heterocycles. The maximum Gasteiger partial charge on any atom is 0.257 e. The molecule has 0 aliphatic rings. The number of hydrogen-bond acceptors (Lipinski definition) is 3. The standard InChI is InChI=1S/C12H16Cl2N2O2.ClH/c1-8(5-15)6-16-12(17)7-18-11-3-2-9(13)4-10(11)14;/h2-4,8H,5-7,15H2,1H3,(H,16,17);1H. The van der Waals surface area contributed by atoms with Gasteiger partial charge in [-0.05, 0) is 30.7 Å². The quantitative estimate of drug-likeness (QED) is 0.844. The molecule has 19 heavy (non-hydrogen) atoms. The third-order valence-electron chi connectivity index (χ3n) is 2.30. The van der Waals surface area contributed by atoms with Crippen molar-refractivity contribution < 1.29 is 9.53 Å². The van der Waals surface area contributed by atoms with E-state index in [1.807, 2.05) is 6.92 Å². The summed E-state index contributed by atoms with van der Waals surface area (Å²) in [6, 6.07) is 4.84. The second kappa shape index (κ2) is 9.26. The highest BCUT2D eigenvalue weighted by molar-refractivity contribution is 6.35. The van der Waals surface area contributed by atoms with E-state index in [0.29, 0.717) is 28.9 Å². The molecule has 1 rings (SSSR count). The molecule has 3 N–H and O–H groups in total. The Morgan fingerprint density at radius 2 is 2.16 bits per heavy atom. The molecular formula is C12H17Cl3N2O2. The van der Waals surface area contributed by atoms with Gasteiger partial charge in [-0.2, -0.15) is 0 Å². The topological polar surface area (TPSA) is 64.3 Å². The SMILES string of the molecule is CC(CN)CNC(=O)COc1ccc(Cl)cc1Cl.Cl. The predicted molar refractivity (Wildman–Crippen MR) is 80.4 cm³/mol. The zero-order valence-electron chi connectivity index (χ0n) is 10.5. The highest BCUT2D eigenvalue weighted by Gasteiger charge is 2.07. The molecule has 0 radical (unpaired) electrons. The minimum absolute atomic E-state index is 0. The van der Waals surface area contributed by atoms with Gasteiger partial charge in [0.05, 0.1) is 5.02 Å². The number of hydrogen-bond donors (Lipinski definition) is 2. The first kappa shape index (κ1) is 18.3. The molecule has 0 fully saturated rings. The summed E-state index contributed by atoms with van der Waals surface area (Å²) in [6.07, 6.45) is 0.